The monoisotopic (exact) mass is 618 g/mol. The minimum atomic E-state index is -0.654. The first-order valence-corrected chi connectivity index (χ1v) is 14.5. The lowest BCUT2D eigenvalue weighted by atomic mass is 10.0. The van der Waals surface area contributed by atoms with Gasteiger partial charge in [-0.3, -0.25) is 4.79 Å². The largest absolute Gasteiger partial charge is 0.349 e. The smallest absolute Gasteiger partial charge is 0.226 e. The van der Waals surface area contributed by atoms with Crippen LogP contribution in [0.5, 0.6) is 0 Å². The molecule has 216 valence electrons. The van der Waals surface area contributed by atoms with Gasteiger partial charge in [0.05, 0.1) is 40.0 Å². The van der Waals surface area contributed by atoms with Gasteiger partial charge in [-0.1, -0.05) is 59.6 Å². The van der Waals surface area contributed by atoms with Crippen molar-refractivity contribution in [3.05, 3.63) is 117 Å². The number of carbonyl (C=O) groups is 1. The van der Waals surface area contributed by atoms with E-state index in [-0.39, 0.29) is 12.3 Å². The number of hydrogen-bond acceptors (Lipinski definition) is 4. The zero-order valence-corrected chi connectivity index (χ0v) is 26.0. The number of aryl methyl sites for hydroxylation is 1. The van der Waals surface area contributed by atoms with Crippen LogP contribution in [0.15, 0.2) is 79.3 Å². The fourth-order valence-corrected chi connectivity index (χ4v) is 5.25. The molecule has 0 aliphatic heterocycles. The fraction of sp³-hybridized carbons (Fsp3) is 0.250. The number of rotatable bonds is 10. The van der Waals surface area contributed by atoms with Gasteiger partial charge in [0.2, 0.25) is 5.91 Å². The molecule has 1 amide bonds. The molecule has 3 aromatic carbocycles. The summed E-state index contributed by atoms with van der Waals surface area (Å²) in [5, 5.41) is 17.0. The zero-order valence-electron chi connectivity index (χ0n) is 23.7. The van der Waals surface area contributed by atoms with E-state index in [0.29, 0.717) is 40.4 Å². The maximum absolute atomic E-state index is 13.3. The average molecular weight is 620 g/mol. The Bertz CT molecular complexity index is 1610. The molecule has 0 radical (unpaired) electrons. The number of nitrogens with zero attached hydrogens (tertiary/aromatic N) is 4. The van der Waals surface area contributed by atoms with Crippen LogP contribution in [0.25, 0.3) is 0 Å². The third kappa shape index (κ3) is 8.56. The quantitative estimate of drug-likeness (QED) is 0.191. The highest BCUT2D eigenvalue weighted by Gasteiger charge is 2.27. The minimum absolute atomic E-state index is 0.139. The topological polar surface area (TPSA) is 86.0 Å². The lowest BCUT2D eigenvalue weighted by Gasteiger charge is -2.35. The summed E-state index contributed by atoms with van der Waals surface area (Å²) < 4.78 is 1.93. The van der Waals surface area contributed by atoms with Crippen LogP contribution in [-0.4, -0.2) is 37.6 Å². The van der Waals surface area contributed by atoms with Crippen molar-refractivity contribution >= 4 is 52.1 Å². The molecule has 2 N–H and O–H groups in total. The average Bonchev–Trinajstić information content (AvgIpc) is 3.36. The molecule has 0 aliphatic rings. The second-order valence-electron chi connectivity index (χ2n) is 10.8. The first-order valence-electron chi connectivity index (χ1n) is 13.4. The molecule has 42 heavy (non-hydrogen) atoms. The van der Waals surface area contributed by atoms with Crippen LogP contribution in [0.3, 0.4) is 0 Å². The van der Waals surface area contributed by atoms with Gasteiger partial charge in [-0.05, 0) is 80.0 Å². The normalized spacial score (nSPS) is 11.0. The number of thiocarbonyl (C=S) groups is 1. The Labute approximate surface area is 262 Å². The number of carbonyl (C=O) groups excluding carboxylic acids is 1. The Morgan fingerprint density at radius 3 is 2.57 bits per heavy atom. The third-order valence-corrected chi connectivity index (χ3v) is 7.81. The third-order valence-electron chi connectivity index (χ3n) is 6.59. The number of amides is 1. The maximum Gasteiger partial charge on any atom is 0.226 e. The van der Waals surface area contributed by atoms with Gasteiger partial charge in [0.15, 0.2) is 5.11 Å². The van der Waals surface area contributed by atoms with Crippen molar-refractivity contribution in [3.8, 4) is 6.07 Å². The van der Waals surface area contributed by atoms with E-state index < -0.39 is 5.54 Å². The Hall–Kier alpha value is -3.90. The molecule has 7 nitrogen and oxygen atoms in total. The van der Waals surface area contributed by atoms with E-state index in [4.69, 9.17) is 40.7 Å². The maximum atomic E-state index is 13.3. The van der Waals surface area contributed by atoms with E-state index in [1.165, 1.54) is 0 Å². The van der Waals surface area contributed by atoms with Crippen LogP contribution in [0.2, 0.25) is 10.0 Å². The molecular weight excluding hydrogens is 587 g/mol. The first kappa shape index (κ1) is 31.0. The lowest BCUT2D eigenvalue weighted by Crippen LogP contribution is -2.53. The van der Waals surface area contributed by atoms with Crippen molar-refractivity contribution in [2.24, 2.45) is 0 Å². The van der Waals surface area contributed by atoms with E-state index in [9.17, 15) is 4.79 Å². The molecule has 0 saturated heterocycles. The Balaban J connectivity index is 1.46. The summed E-state index contributed by atoms with van der Waals surface area (Å²) in [6.45, 7) is 7.29. The Morgan fingerprint density at radius 2 is 1.86 bits per heavy atom. The van der Waals surface area contributed by atoms with Crippen LogP contribution in [0.1, 0.15) is 41.8 Å². The molecule has 1 heterocycles. The molecular formula is C32H32Cl2N6OS. The number of halogens is 2. The van der Waals surface area contributed by atoms with Gasteiger partial charge in [-0.15, -0.1) is 0 Å². The van der Waals surface area contributed by atoms with Crippen LogP contribution < -0.4 is 10.6 Å². The van der Waals surface area contributed by atoms with Gasteiger partial charge in [0.1, 0.15) is 0 Å². The van der Waals surface area contributed by atoms with Crippen molar-refractivity contribution in [3.63, 3.8) is 0 Å². The van der Waals surface area contributed by atoms with Gasteiger partial charge >= 0.3 is 0 Å². The van der Waals surface area contributed by atoms with Gasteiger partial charge < -0.3 is 20.1 Å². The number of nitriles is 1. The highest BCUT2D eigenvalue weighted by Crippen LogP contribution is 2.27. The number of imidazole rings is 1. The lowest BCUT2D eigenvalue weighted by molar-refractivity contribution is -0.122. The molecule has 0 atom stereocenters. The summed E-state index contributed by atoms with van der Waals surface area (Å²) >= 11 is 18.7. The van der Waals surface area contributed by atoms with E-state index in [1.807, 2.05) is 78.8 Å². The number of benzene rings is 3. The van der Waals surface area contributed by atoms with Crippen molar-refractivity contribution < 1.29 is 4.79 Å². The Kier molecular flexibility index (Phi) is 10.2. The molecule has 0 aliphatic carbocycles. The predicted octanol–water partition coefficient (Wildman–Crippen LogP) is 6.75. The number of anilines is 1. The standard InChI is InChI=1S/C32H32Cl2N6OS/c1-22-6-4-8-26(14-22)37-31(42)39(19-25-7-5-9-28(33)30(25)34)20-32(2,3)38-29(41)15-27-17-36-21-40(27)18-24-12-10-23(16-35)11-13-24/h4-14,17,21H,15,18-20H2,1-3H3,(H,37,42)(H,38,41). The summed E-state index contributed by atoms with van der Waals surface area (Å²) in [5.74, 6) is -0.139. The van der Waals surface area contributed by atoms with Crippen LogP contribution >= 0.6 is 35.4 Å². The predicted molar refractivity (Wildman–Crippen MR) is 173 cm³/mol. The molecule has 4 aromatic rings. The van der Waals surface area contributed by atoms with Crippen LogP contribution in [0, 0.1) is 18.3 Å². The SMILES string of the molecule is Cc1cccc(NC(=S)N(Cc2cccc(Cl)c2Cl)CC(C)(C)NC(=O)Cc2cncn2Cc2ccc(C#N)cc2)c1. The molecule has 0 unspecified atom stereocenters. The van der Waals surface area contributed by atoms with Crippen molar-refractivity contribution in [1.29, 1.82) is 5.26 Å². The molecule has 10 heteroatoms. The van der Waals surface area contributed by atoms with Gasteiger partial charge in [-0.2, -0.15) is 5.26 Å². The summed E-state index contributed by atoms with van der Waals surface area (Å²) in [5.41, 5.74) is 4.56. The van der Waals surface area contributed by atoms with Crippen molar-refractivity contribution in [2.75, 3.05) is 11.9 Å². The number of hydrogen-bond donors (Lipinski definition) is 2. The van der Waals surface area contributed by atoms with Crippen LogP contribution in [0.4, 0.5) is 5.69 Å². The van der Waals surface area contributed by atoms with E-state index >= 15 is 0 Å². The summed E-state index contributed by atoms with van der Waals surface area (Å²) in [6.07, 6.45) is 3.56. The number of nitrogens with one attached hydrogen (secondary N) is 2. The molecule has 0 bridgehead atoms. The van der Waals surface area contributed by atoms with Crippen molar-refractivity contribution in [1.82, 2.24) is 19.8 Å². The van der Waals surface area contributed by atoms with E-state index in [1.54, 1.807) is 30.7 Å². The van der Waals surface area contributed by atoms with Crippen LogP contribution in [-0.2, 0) is 24.3 Å². The van der Waals surface area contributed by atoms with Gasteiger partial charge in [0, 0.05) is 37.2 Å². The molecule has 0 fully saturated rings. The highest BCUT2D eigenvalue weighted by atomic mass is 35.5. The Morgan fingerprint density at radius 1 is 1.12 bits per heavy atom. The second-order valence-corrected chi connectivity index (χ2v) is 12.0. The molecule has 0 spiro atoms. The van der Waals surface area contributed by atoms with E-state index in [2.05, 4.69) is 21.7 Å². The molecule has 4 rings (SSSR count). The summed E-state index contributed by atoms with van der Waals surface area (Å²) in [4.78, 5) is 19.5. The minimum Gasteiger partial charge on any atom is -0.349 e. The molecule has 0 saturated carbocycles. The second kappa shape index (κ2) is 13.8. The van der Waals surface area contributed by atoms with E-state index in [0.717, 1.165) is 28.1 Å². The number of aromatic nitrogens is 2. The fourth-order valence-electron chi connectivity index (χ4n) is 4.62. The zero-order chi connectivity index (χ0) is 30.3. The summed E-state index contributed by atoms with van der Waals surface area (Å²) in [6, 6.07) is 23.0. The molecule has 1 aromatic heterocycles. The van der Waals surface area contributed by atoms with Gasteiger partial charge in [0.25, 0.3) is 0 Å². The first-order chi connectivity index (χ1) is 20.0. The highest BCUT2D eigenvalue weighted by molar-refractivity contribution is 7.80. The van der Waals surface area contributed by atoms with Crippen molar-refractivity contribution in [2.45, 2.75) is 45.8 Å². The van der Waals surface area contributed by atoms with Gasteiger partial charge in [-0.25, -0.2) is 4.98 Å². The summed E-state index contributed by atoms with van der Waals surface area (Å²) in [7, 11) is 0.